The molecule has 0 radical (unpaired) electrons. The predicted octanol–water partition coefficient (Wildman–Crippen LogP) is 3.14. The van der Waals surface area contributed by atoms with E-state index < -0.39 is 10.0 Å². The van der Waals surface area contributed by atoms with Gasteiger partial charge in [-0.15, -0.1) is 11.3 Å². The number of sulfonamides is 1. The first-order valence-electron chi connectivity index (χ1n) is 11.0. The number of piperazine rings is 1. The largest absolute Gasteiger partial charge is 0.315 e. The highest BCUT2D eigenvalue weighted by molar-refractivity contribution is 7.89. The molecule has 170 valence electrons. The van der Waals surface area contributed by atoms with E-state index in [1.54, 1.807) is 24.3 Å². The lowest BCUT2D eigenvalue weighted by atomic mass is 10.1. The predicted molar refractivity (Wildman–Crippen MR) is 125 cm³/mol. The van der Waals surface area contributed by atoms with Gasteiger partial charge < -0.3 is 5.32 Å². The van der Waals surface area contributed by atoms with Crippen molar-refractivity contribution in [1.82, 2.24) is 9.21 Å². The number of hydrogen-bond donors (Lipinski definition) is 1. The summed E-state index contributed by atoms with van der Waals surface area (Å²) in [6.45, 7) is 3.79. The van der Waals surface area contributed by atoms with E-state index in [0.717, 1.165) is 36.8 Å². The lowest BCUT2D eigenvalue weighted by Crippen LogP contribution is -2.50. The number of rotatable bonds is 5. The maximum absolute atomic E-state index is 12.9. The lowest BCUT2D eigenvalue weighted by molar-refractivity contribution is -0.117. The fourth-order valence-corrected chi connectivity index (χ4v) is 6.98. The first-order valence-corrected chi connectivity index (χ1v) is 13.3. The maximum Gasteiger partial charge on any atom is 0.243 e. The number of thiophene rings is 1. The molecule has 1 saturated heterocycles. The van der Waals surface area contributed by atoms with Gasteiger partial charge in [0.05, 0.1) is 17.0 Å². The van der Waals surface area contributed by atoms with Crippen LogP contribution in [0.3, 0.4) is 0 Å². The third-order valence-electron chi connectivity index (χ3n) is 6.14. The van der Waals surface area contributed by atoms with Crippen LogP contribution in [-0.4, -0.2) is 56.3 Å². The Kier molecular flexibility index (Phi) is 6.96. The molecule has 4 rings (SSSR count). The van der Waals surface area contributed by atoms with Gasteiger partial charge in [0.15, 0.2) is 0 Å². The van der Waals surface area contributed by atoms with E-state index in [-0.39, 0.29) is 12.5 Å². The SMILES string of the molecule is Cc1ccc(S(=O)(=O)N2CCN(CC(=O)Nc3sc4c(c3C#N)CCCCC4)CC2)cc1. The van der Waals surface area contributed by atoms with Crippen LogP contribution in [0.1, 0.15) is 40.8 Å². The second kappa shape index (κ2) is 9.71. The van der Waals surface area contributed by atoms with Crippen molar-refractivity contribution in [2.24, 2.45) is 0 Å². The van der Waals surface area contributed by atoms with Gasteiger partial charge in [-0.05, 0) is 50.3 Å². The summed E-state index contributed by atoms with van der Waals surface area (Å²) in [5.41, 5.74) is 2.75. The van der Waals surface area contributed by atoms with Crippen LogP contribution < -0.4 is 5.32 Å². The van der Waals surface area contributed by atoms with Crippen molar-refractivity contribution in [3.63, 3.8) is 0 Å². The Morgan fingerprint density at radius 2 is 1.78 bits per heavy atom. The zero-order valence-corrected chi connectivity index (χ0v) is 19.9. The number of carbonyl (C=O) groups is 1. The summed E-state index contributed by atoms with van der Waals surface area (Å²) < 4.78 is 27.2. The van der Waals surface area contributed by atoms with Gasteiger partial charge in [-0.3, -0.25) is 9.69 Å². The minimum absolute atomic E-state index is 0.159. The van der Waals surface area contributed by atoms with E-state index in [2.05, 4.69) is 11.4 Å². The molecule has 32 heavy (non-hydrogen) atoms. The fourth-order valence-electron chi connectivity index (χ4n) is 4.31. The van der Waals surface area contributed by atoms with Gasteiger partial charge >= 0.3 is 0 Å². The van der Waals surface area contributed by atoms with Crippen LogP contribution in [0.4, 0.5) is 5.00 Å². The smallest absolute Gasteiger partial charge is 0.243 e. The van der Waals surface area contributed by atoms with Gasteiger partial charge in [-0.1, -0.05) is 24.1 Å². The Bertz CT molecular complexity index is 1130. The number of benzene rings is 1. The topological polar surface area (TPSA) is 93.5 Å². The summed E-state index contributed by atoms with van der Waals surface area (Å²) in [6, 6.07) is 9.17. The van der Waals surface area contributed by atoms with Crippen LogP contribution in [0, 0.1) is 18.3 Å². The van der Waals surface area contributed by atoms with Crippen LogP contribution in [0.15, 0.2) is 29.2 Å². The Hall–Kier alpha value is -2.25. The molecule has 1 fully saturated rings. The summed E-state index contributed by atoms with van der Waals surface area (Å²) in [5.74, 6) is -0.159. The molecule has 1 aliphatic carbocycles. The summed E-state index contributed by atoms with van der Waals surface area (Å²) in [6.07, 6.45) is 5.27. The average molecular weight is 473 g/mol. The number of nitrogens with zero attached hydrogens (tertiary/aromatic N) is 3. The van der Waals surface area contributed by atoms with E-state index in [1.807, 2.05) is 11.8 Å². The number of nitrogens with one attached hydrogen (secondary N) is 1. The number of aryl methyl sites for hydroxylation is 2. The van der Waals surface area contributed by atoms with Crippen molar-refractivity contribution in [2.45, 2.75) is 43.9 Å². The molecule has 1 aromatic carbocycles. The standard InChI is InChI=1S/C23H28N4O3S2/c1-17-7-9-18(10-8-17)32(29,30)27-13-11-26(12-14-27)16-22(28)25-23-20(15-24)19-5-3-2-4-6-21(19)31-23/h7-10H,2-6,11-14,16H2,1H3,(H,25,28). The highest BCUT2D eigenvalue weighted by Gasteiger charge is 2.29. The summed E-state index contributed by atoms with van der Waals surface area (Å²) >= 11 is 1.53. The number of hydrogen-bond acceptors (Lipinski definition) is 6. The highest BCUT2D eigenvalue weighted by Crippen LogP contribution is 2.37. The number of carbonyl (C=O) groups excluding carboxylic acids is 1. The van der Waals surface area contributed by atoms with E-state index in [9.17, 15) is 18.5 Å². The molecule has 0 atom stereocenters. The second-order valence-electron chi connectivity index (χ2n) is 8.42. The lowest BCUT2D eigenvalue weighted by Gasteiger charge is -2.33. The number of nitriles is 1. The quantitative estimate of drug-likeness (QED) is 0.675. The van der Waals surface area contributed by atoms with Gasteiger partial charge in [0, 0.05) is 31.1 Å². The molecule has 1 aromatic heterocycles. The number of amides is 1. The van der Waals surface area contributed by atoms with E-state index in [4.69, 9.17) is 0 Å². The molecule has 7 nitrogen and oxygen atoms in total. The average Bonchev–Trinajstić information content (AvgIpc) is 2.93. The maximum atomic E-state index is 12.9. The van der Waals surface area contributed by atoms with Crippen molar-refractivity contribution >= 4 is 32.3 Å². The van der Waals surface area contributed by atoms with E-state index in [1.165, 1.54) is 26.9 Å². The minimum Gasteiger partial charge on any atom is -0.315 e. The second-order valence-corrected chi connectivity index (χ2v) is 11.5. The highest BCUT2D eigenvalue weighted by atomic mass is 32.2. The zero-order chi connectivity index (χ0) is 22.7. The molecule has 0 bridgehead atoms. The van der Waals surface area contributed by atoms with Gasteiger partial charge in [0.2, 0.25) is 15.9 Å². The molecule has 2 heterocycles. The third-order valence-corrected chi connectivity index (χ3v) is 9.26. The van der Waals surface area contributed by atoms with Crippen molar-refractivity contribution in [2.75, 3.05) is 38.0 Å². The summed E-state index contributed by atoms with van der Waals surface area (Å²) in [4.78, 5) is 16.2. The van der Waals surface area contributed by atoms with Gasteiger partial charge in [0.25, 0.3) is 0 Å². The summed E-state index contributed by atoms with van der Waals surface area (Å²) in [7, 11) is -3.52. The van der Waals surface area contributed by atoms with Crippen molar-refractivity contribution in [3.8, 4) is 6.07 Å². The van der Waals surface area contributed by atoms with Gasteiger partial charge in [0.1, 0.15) is 11.1 Å². The molecule has 2 aromatic rings. The molecular weight excluding hydrogens is 444 g/mol. The molecule has 1 N–H and O–H groups in total. The normalized spacial score (nSPS) is 17.9. The van der Waals surface area contributed by atoms with E-state index in [0.29, 0.717) is 41.6 Å². The van der Waals surface area contributed by atoms with E-state index >= 15 is 0 Å². The Morgan fingerprint density at radius 3 is 2.47 bits per heavy atom. The molecule has 1 aliphatic heterocycles. The molecule has 2 aliphatic rings. The van der Waals surface area contributed by atoms with Gasteiger partial charge in [-0.2, -0.15) is 9.57 Å². The van der Waals surface area contributed by atoms with Crippen LogP contribution in [0.2, 0.25) is 0 Å². The summed E-state index contributed by atoms with van der Waals surface area (Å²) in [5, 5.41) is 13.2. The molecule has 0 spiro atoms. The van der Waals surface area contributed by atoms with Crippen molar-refractivity contribution < 1.29 is 13.2 Å². The number of fused-ring (bicyclic) bond motifs is 1. The monoisotopic (exact) mass is 472 g/mol. The number of anilines is 1. The first-order chi connectivity index (χ1) is 15.4. The van der Waals surface area contributed by atoms with Gasteiger partial charge in [-0.25, -0.2) is 8.42 Å². The minimum atomic E-state index is -3.52. The molecule has 9 heteroatoms. The first kappa shape index (κ1) is 22.9. The van der Waals surface area contributed by atoms with Crippen LogP contribution >= 0.6 is 11.3 Å². The van der Waals surface area contributed by atoms with Crippen molar-refractivity contribution in [1.29, 1.82) is 5.26 Å². The Labute approximate surface area is 193 Å². The molecular formula is C23H28N4O3S2. The fraction of sp³-hybridized carbons (Fsp3) is 0.478. The van der Waals surface area contributed by atoms with Crippen LogP contribution in [0.25, 0.3) is 0 Å². The van der Waals surface area contributed by atoms with Crippen LogP contribution in [0.5, 0.6) is 0 Å². The Morgan fingerprint density at radius 1 is 1.09 bits per heavy atom. The Balaban J connectivity index is 1.34. The molecule has 1 amide bonds. The third kappa shape index (κ3) is 4.89. The van der Waals surface area contributed by atoms with Crippen molar-refractivity contribution in [3.05, 3.63) is 45.8 Å². The molecule has 0 saturated carbocycles. The molecule has 0 unspecified atom stereocenters. The zero-order valence-electron chi connectivity index (χ0n) is 18.3. The van der Waals surface area contributed by atoms with Crippen LogP contribution in [-0.2, 0) is 27.7 Å².